The maximum atomic E-state index is 5.04. The van der Waals surface area contributed by atoms with Gasteiger partial charge in [0.2, 0.25) is 4.77 Å². The summed E-state index contributed by atoms with van der Waals surface area (Å²) < 4.78 is 0.490. The van der Waals surface area contributed by atoms with Crippen LogP contribution in [0, 0.1) is 4.77 Å². The highest BCUT2D eigenvalue weighted by Gasteiger charge is 2.20. The fraction of sp³-hybridized carbons (Fsp3) is 0.615. The van der Waals surface area contributed by atoms with Crippen molar-refractivity contribution in [1.29, 1.82) is 0 Å². The van der Waals surface area contributed by atoms with Crippen molar-refractivity contribution in [3.8, 4) is 10.7 Å². The highest BCUT2D eigenvalue weighted by atomic mass is 32.1. The van der Waals surface area contributed by atoms with E-state index in [0.29, 0.717) is 10.7 Å². The monoisotopic (exact) mass is 309 g/mol. The molecule has 3 rings (SSSR count). The Kier molecular flexibility index (Phi) is 4.00. The number of nitrogens with zero attached hydrogens (tertiary/aromatic N) is 3. The van der Waals surface area contributed by atoms with Gasteiger partial charge in [-0.3, -0.25) is 15.1 Å². The molecule has 1 aliphatic rings. The Morgan fingerprint density at radius 2 is 2.00 bits per heavy atom. The second kappa shape index (κ2) is 5.75. The Morgan fingerprint density at radius 3 is 2.60 bits per heavy atom. The van der Waals surface area contributed by atoms with Crippen molar-refractivity contribution in [2.45, 2.75) is 39.2 Å². The van der Waals surface area contributed by atoms with E-state index in [1.54, 1.807) is 11.3 Å². The zero-order valence-corrected chi connectivity index (χ0v) is 13.4. The third-order valence-corrected chi connectivity index (χ3v) is 4.77. The van der Waals surface area contributed by atoms with E-state index in [1.807, 2.05) is 0 Å². The fourth-order valence-corrected chi connectivity index (χ4v) is 3.86. The van der Waals surface area contributed by atoms with Crippen molar-refractivity contribution >= 4 is 23.6 Å². The van der Waals surface area contributed by atoms with Crippen LogP contribution in [0.2, 0.25) is 0 Å². The molecule has 0 amide bonds. The number of aromatic nitrogens is 4. The molecular weight excluding hydrogens is 290 g/mol. The lowest BCUT2D eigenvalue weighted by atomic mass is 10.1. The molecule has 0 aliphatic carbocycles. The van der Waals surface area contributed by atoms with Crippen LogP contribution in [0.3, 0.4) is 0 Å². The van der Waals surface area contributed by atoms with E-state index in [4.69, 9.17) is 17.2 Å². The first-order valence-electron chi connectivity index (χ1n) is 7.00. The Labute approximate surface area is 127 Å². The van der Waals surface area contributed by atoms with Crippen molar-refractivity contribution in [3.63, 3.8) is 0 Å². The van der Waals surface area contributed by atoms with Crippen LogP contribution in [0.5, 0.6) is 0 Å². The fourth-order valence-electron chi connectivity index (χ4n) is 2.52. The van der Waals surface area contributed by atoms with Gasteiger partial charge < -0.3 is 0 Å². The number of H-pyrrole nitrogens is 2. The highest BCUT2D eigenvalue weighted by molar-refractivity contribution is 7.71. The van der Waals surface area contributed by atoms with Crippen molar-refractivity contribution in [2.75, 3.05) is 13.1 Å². The maximum Gasteiger partial charge on any atom is 0.213 e. The summed E-state index contributed by atoms with van der Waals surface area (Å²) in [6, 6.07) is 0. The molecular formula is C13H19N5S2. The summed E-state index contributed by atoms with van der Waals surface area (Å²) in [4.78, 5) is 12.7. The van der Waals surface area contributed by atoms with Gasteiger partial charge in [-0.25, -0.2) is 4.98 Å². The molecule has 2 aromatic heterocycles. The van der Waals surface area contributed by atoms with Gasteiger partial charge in [-0.15, -0.1) is 11.3 Å². The molecule has 0 radical (unpaired) electrons. The van der Waals surface area contributed by atoms with E-state index in [0.717, 1.165) is 22.9 Å². The largest absolute Gasteiger partial charge is 0.297 e. The minimum Gasteiger partial charge on any atom is -0.297 e. The summed E-state index contributed by atoms with van der Waals surface area (Å²) in [6.07, 6.45) is 2.61. The first-order chi connectivity index (χ1) is 9.63. The van der Waals surface area contributed by atoms with Gasteiger partial charge in [0.1, 0.15) is 5.01 Å². The molecule has 0 aromatic carbocycles. The average Bonchev–Trinajstić information content (AvgIpc) is 3.09. The van der Waals surface area contributed by atoms with Gasteiger partial charge in [0.05, 0.1) is 17.1 Å². The third kappa shape index (κ3) is 2.84. The van der Waals surface area contributed by atoms with Crippen LogP contribution >= 0.6 is 23.6 Å². The Balaban J connectivity index is 1.91. The molecule has 3 heterocycles. The van der Waals surface area contributed by atoms with Gasteiger partial charge in [0.25, 0.3) is 0 Å². The van der Waals surface area contributed by atoms with Crippen LogP contribution in [-0.2, 0) is 6.54 Å². The number of hydrogen-bond acceptors (Lipinski definition) is 5. The molecule has 1 aliphatic heterocycles. The second-order valence-corrected chi connectivity index (χ2v) is 6.95. The van der Waals surface area contributed by atoms with Gasteiger partial charge in [0, 0.05) is 0 Å². The number of thiazole rings is 1. The quantitative estimate of drug-likeness (QED) is 0.851. The predicted octanol–water partition coefficient (Wildman–Crippen LogP) is 3.31. The lowest BCUT2D eigenvalue weighted by Gasteiger charge is -2.11. The van der Waals surface area contributed by atoms with Crippen LogP contribution in [0.15, 0.2) is 0 Å². The molecule has 0 spiro atoms. The first-order valence-corrected chi connectivity index (χ1v) is 8.23. The standard InChI is InChI=1S/C13H19N5S2/c1-8(2)10-11(12-15-13(19)17-16-12)20-9(14-10)7-18-5-3-4-6-18/h8H,3-7H2,1-2H3,(H2,15,16,17,19). The molecule has 0 atom stereocenters. The SMILES string of the molecule is CC(C)c1nc(CN2CCCC2)sc1-c1nc(=S)[nH][nH]1. The van der Waals surface area contributed by atoms with Crippen molar-refractivity contribution < 1.29 is 0 Å². The predicted molar refractivity (Wildman–Crippen MR) is 83.5 cm³/mol. The van der Waals surface area contributed by atoms with E-state index >= 15 is 0 Å². The maximum absolute atomic E-state index is 5.04. The Bertz CT molecular complexity index is 633. The normalized spacial score (nSPS) is 16.4. The second-order valence-electron chi connectivity index (χ2n) is 5.48. The molecule has 20 heavy (non-hydrogen) atoms. The number of hydrogen-bond donors (Lipinski definition) is 2. The lowest BCUT2D eigenvalue weighted by Crippen LogP contribution is -2.18. The molecule has 2 N–H and O–H groups in total. The van der Waals surface area contributed by atoms with Crippen LogP contribution < -0.4 is 0 Å². The zero-order chi connectivity index (χ0) is 14.1. The van der Waals surface area contributed by atoms with Gasteiger partial charge in [-0.05, 0) is 44.1 Å². The van der Waals surface area contributed by atoms with Gasteiger partial charge >= 0.3 is 0 Å². The van der Waals surface area contributed by atoms with E-state index in [1.165, 1.54) is 30.9 Å². The van der Waals surface area contributed by atoms with Crippen LogP contribution in [0.25, 0.3) is 10.7 Å². The van der Waals surface area contributed by atoms with Crippen LogP contribution in [0.1, 0.15) is 43.3 Å². The van der Waals surface area contributed by atoms with Crippen molar-refractivity contribution in [1.82, 2.24) is 25.1 Å². The molecule has 108 valence electrons. The van der Waals surface area contributed by atoms with E-state index in [-0.39, 0.29) is 0 Å². The van der Waals surface area contributed by atoms with Gasteiger partial charge in [-0.2, -0.15) is 4.98 Å². The molecule has 2 aromatic rings. The number of likely N-dealkylation sites (tertiary alicyclic amines) is 1. The molecule has 0 bridgehead atoms. The Morgan fingerprint density at radius 1 is 1.25 bits per heavy atom. The summed E-state index contributed by atoms with van der Waals surface area (Å²) in [6.45, 7) is 7.67. The highest BCUT2D eigenvalue weighted by Crippen LogP contribution is 2.33. The minimum atomic E-state index is 0.382. The minimum absolute atomic E-state index is 0.382. The Hall–Kier alpha value is -1.05. The van der Waals surface area contributed by atoms with E-state index in [2.05, 4.69) is 33.9 Å². The molecule has 0 unspecified atom stereocenters. The number of aromatic amines is 2. The first kappa shape index (κ1) is 13.9. The smallest absolute Gasteiger partial charge is 0.213 e. The van der Waals surface area contributed by atoms with E-state index in [9.17, 15) is 0 Å². The molecule has 5 nitrogen and oxygen atoms in total. The summed E-state index contributed by atoms with van der Waals surface area (Å²) in [5.41, 5.74) is 1.11. The zero-order valence-electron chi connectivity index (χ0n) is 11.8. The summed E-state index contributed by atoms with van der Waals surface area (Å²) in [7, 11) is 0. The third-order valence-electron chi connectivity index (χ3n) is 3.52. The van der Waals surface area contributed by atoms with Crippen LogP contribution in [-0.4, -0.2) is 38.2 Å². The molecule has 1 saturated heterocycles. The molecule has 0 saturated carbocycles. The van der Waals surface area contributed by atoms with Crippen molar-refractivity contribution in [2.24, 2.45) is 0 Å². The van der Waals surface area contributed by atoms with Crippen molar-refractivity contribution in [3.05, 3.63) is 15.5 Å². The topological polar surface area (TPSA) is 60.6 Å². The molecule has 1 fully saturated rings. The molecule has 7 heteroatoms. The summed E-state index contributed by atoms with van der Waals surface area (Å²) in [5, 5.41) is 7.08. The van der Waals surface area contributed by atoms with Gasteiger partial charge in [0.15, 0.2) is 5.82 Å². The van der Waals surface area contributed by atoms with Gasteiger partial charge in [-0.1, -0.05) is 13.8 Å². The average molecular weight is 309 g/mol. The van der Waals surface area contributed by atoms with Crippen LogP contribution in [0.4, 0.5) is 0 Å². The number of rotatable bonds is 4. The number of nitrogens with one attached hydrogen (secondary N) is 2. The summed E-state index contributed by atoms with van der Waals surface area (Å²) >= 11 is 6.77. The lowest BCUT2D eigenvalue weighted by molar-refractivity contribution is 0.330. The summed E-state index contributed by atoms with van der Waals surface area (Å²) in [5.74, 6) is 1.19. The van der Waals surface area contributed by atoms with E-state index < -0.39 is 0 Å².